The van der Waals surface area contributed by atoms with Gasteiger partial charge in [-0.05, 0) is 48.1 Å². The number of rotatable bonds is 7. The molecule has 124 valence electrons. The summed E-state index contributed by atoms with van der Waals surface area (Å²) in [5.74, 6) is 1.27. The summed E-state index contributed by atoms with van der Waals surface area (Å²) in [6.07, 6.45) is 7.97. The molecular formula is C22H18O3. The molecule has 0 fully saturated rings. The summed E-state index contributed by atoms with van der Waals surface area (Å²) in [6.45, 7) is 0.484. The molecule has 0 spiro atoms. The Morgan fingerprint density at radius 3 is 2.44 bits per heavy atom. The van der Waals surface area contributed by atoms with Crippen LogP contribution in [0.3, 0.4) is 0 Å². The monoisotopic (exact) mass is 330 g/mol. The average Bonchev–Trinajstić information content (AvgIpc) is 3.18. The van der Waals surface area contributed by atoms with E-state index in [2.05, 4.69) is 0 Å². The Morgan fingerprint density at radius 2 is 1.64 bits per heavy atom. The molecule has 3 rings (SSSR count). The molecule has 1 aromatic heterocycles. The maximum Gasteiger partial charge on any atom is 0.178 e. The van der Waals surface area contributed by atoms with Gasteiger partial charge >= 0.3 is 0 Å². The van der Waals surface area contributed by atoms with Crippen LogP contribution in [-0.4, -0.2) is 5.78 Å². The fourth-order valence-corrected chi connectivity index (χ4v) is 2.26. The van der Waals surface area contributed by atoms with Crippen molar-refractivity contribution in [1.82, 2.24) is 0 Å². The van der Waals surface area contributed by atoms with Crippen LogP contribution >= 0.6 is 0 Å². The van der Waals surface area contributed by atoms with Crippen molar-refractivity contribution in [3.63, 3.8) is 0 Å². The first-order valence-electron chi connectivity index (χ1n) is 8.01. The fraction of sp³-hybridized carbons (Fsp3) is 0.0455. The molecule has 0 amide bonds. The number of ketones is 1. The lowest BCUT2D eigenvalue weighted by atomic mass is 10.1. The van der Waals surface area contributed by atoms with Crippen LogP contribution in [0.15, 0.2) is 89.6 Å². The molecule has 25 heavy (non-hydrogen) atoms. The molecule has 0 aliphatic heterocycles. The summed E-state index contributed by atoms with van der Waals surface area (Å²) in [5, 5.41) is 0. The number of ether oxygens (including phenoxy) is 1. The topological polar surface area (TPSA) is 39.4 Å². The number of allylic oxidation sites excluding steroid dienone is 2. The van der Waals surface area contributed by atoms with E-state index in [4.69, 9.17) is 9.15 Å². The molecule has 0 radical (unpaired) electrons. The number of carbonyl (C=O) groups excluding carboxylic acids is 1. The first-order chi connectivity index (χ1) is 12.3. The van der Waals surface area contributed by atoms with Gasteiger partial charge in [-0.25, -0.2) is 0 Å². The molecule has 0 aliphatic rings. The van der Waals surface area contributed by atoms with Gasteiger partial charge in [-0.2, -0.15) is 0 Å². The van der Waals surface area contributed by atoms with E-state index in [0.717, 1.165) is 16.9 Å². The van der Waals surface area contributed by atoms with E-state index in [1.807, 2.05) is 54.6 Å². The highest BCUT2D eigenvalue weighted by molar-refractivity contribution is 6.04. The molecule has 0 N–H and O–H groups in total. The van der Waals surface area contributed by atoms with Gasteiger partial charge in [-0.3, -0.25) is 4.79 Å². The summed E-state index contributed by atoms with van der Waals surface area (Å²) in [4.78, 5) is 11.9. The van der Waals surface area contributed by atoms with Crippen LogP contribution in [0, 0.1) is 0 Å². The van der Waals surface area contributed by atoms with Gasteiger partial charge in [-0.15, -0.1) is 0 Å². The number of benzene rings is 2. The fourth-order valence-electron chi connectivity index (χ4n) is 2.26. The third kappa shape index (κ3) is 5.08. The largest absolute Gasteiger partial charge is 0.488 e. The van der Waals surface area contributed by atoms with Crippen molar-refractivity contribution in [2.75, 3.05) is 0 Å². The molecule has 3 nitrogen and oxygen atoms in total. The first-order valence-corrected chi connectivity index (χ1v) is 8.01. The van der Waals surface area contributed by atoms with E-state index in [9.17, 15) is 4.79 Å². The predicted molar refractivity (Wildman–Crippen MR) is 99.0 cm³/mol. The van der Waals surface area contributed by atoms with Crippen LogP contribution in [0.2, 0.25) is 0 Å². The number of furan rings is 1. The van der Waals surface area contributed by atoms with Crippen LogP contribution in [-0.2, 0) is 11.4 Å². The van der Waals surface area contributed by atoms with Crippen LogP contribution < -0.4 is 4.74 Å². The van der Waals surface area contributed by atoms with Crippen LogP contribution in [0.4, 0.5) is 0 Å². The number of hydrogen-bond donors (Lipinski definition) is 0. The van der Waals surface area contributed by atoms with E-state index in [-0.39, 0.29) is 5.78 Å². The summed E-state index contributed by atoms with van der Waals surface area (Å²) in [5.41, 5.74) is 1.96. The third-order valence-corrected chi connectivity index (χ3v) is 3.54. The number of hydrogen-bond acceptors (Lipinski definition) is 3. The lowest BCUT2D eigenvalue weighted by molar-refractivity contribution is -0.110. The predicted octanol–water partition coefficient (Wildman–Crippen LogP) is 5.15. The Kier molecular flexibility index (Phi) is 5.62. The second kappa shape index (κ2) is 8.50. The van der Waals surface area contributed by atoms with Crippen LogP contribution in [0.1, 0.15) is 16.9 Å². The molecular weight excluding hydrogens is 312 g/mol. The smallest absolute Gasteiger partial charge is 0.178 e. The van der Waals surface area contributed by atoms with Gasteiger partial charge in [0.15, 0.2) is 5.78 Å². The second-order valence-electron chi connectivity index (χ2n) is 5.40. The average molecular weight is 330 g/mol. The highest BCUT2D eigenvalue weighted by Crippen LogP contribution is 2.21. The minimum absolute atomic E-state index is 0.116. The molecule has 0 unspecified atom stereocenters. The summed E-state index contributed by atoms with van der Waals surface area (Å²) in [6, 6.07) is 21.2. The maximum absolute atomic E-state index is 11.9. The molecule has 3 aromatic rings. The zero-order valence-electron chi connectivity index (χ0n) is 13.7. The van der Waals surface area contributed by atoms with Gasteiger partial charge in [0, 0.05) is 5.56 Å². The normalized spacial score (nSPS) is 11.2. The zero-order chi connectivity index (χ0) is 17.3. The van der Waals surface area contributed by atoms with Crippen molar-refractivity contribution in [2.24, 2.45) is 0 Å². The van der Waals surface area contributed by atoms with Gasteiger partial charge in [0.05, 0.1) is 6.26 Å². The molecule has 0 aliphatic carbocycles. The quantitative estimate of drug-likeness (QED) is 0.562. The maximum atomic E-state index is 11.9. The zero-order valence-corrected chi connectivity index (χ0v) is 13.7. The number of carbonyl (C=O) groups is 1. The standard InChI is InChI=1S/C22H18O3/c23-20(14-15-21-10-6-16-24-21)13-12-19-9-4-5-11-22(19)25-17-18-7-2-1-3-8-18/h1-16H,17H2/b13-12+,15-14+. The van der Waals surface area contributed by atoms with Gasteiger partial charge in [0.25, 0.3) is 0 Å². The Hall–Kier alpha value is -3.33. The molecule has 3 heteroatoms. The van der Waals surface area contributed by atoms with E-state index >= 15 is 0 Å². The van der Waals surface area contributed by atoms with Gasteiger partial charge in [0.1, 0.15) is 18.1 Å². The molecule has 0 bridgehead atoms. The molecule has 0 saturated carbocycles. The molecule has 0 saturated heterocycles. The van der Waals surface area contributed by atoms with Gasteiger partial charge in [-0.1, -0.05) is 48.5 Å². The summed E-state index contributed by atoms with van der Waals surface area (Å²) in [7, 11) is 0. The molecule has 2 aromatic carbocycles. The summed E-state index contributed by atoms with van der Waals surface area (Å²) < 4.78 is 11.0. The third-order valence-electron chi connectivity index (χ3n) is 3.54. The first kappa shape index (κ1) is 16.5. The van der Waals surface area contributed by atoms with E-state index in [1.54, 1.807) is 30.5 Å². The molecule has 0 atom stereocenters. The number of para-hydroxylation sites is 1. The second-order valence-corrected chi connectivity index (χ2v) is 5.40. The van der Waals surface area contributed by atoms with Crippen molar-refractivity contribution < 1.29 is 13.9 Å². The minimum Gasteiger partial charge on any atom is -0.488 e. The van der Waals surface area contributed by atoms with Crippen LogP contribution in [0.5, 0.6) is 5.75 Å². The van der Waals surface area contributed by atoms with Crippen molar-refractivity contribution in [2.45, 2.75) is 6.61 Å². The van der Waals surface area contributed by atoms with Crippen molar-refractivity contribution in [1.29, 1.82) is 0 Å². The Bertz CT molecular complexity index is 859. The van der Waals surface area contributed by atoms with Crippen molar-refractivity contribution in [3.8, 4) is 5.75 Å². The van der Waals surface area contributed by atoms with E-state index in [1.165, 1.54) is 12.2 Å². The summed E-state index contributed by atoms with van der Waals surface area (Å²) >= 11 is 0. The Morgan fingerprint density at radius 1 is 0.880 bits per heavy atom. The Balaban J connectivity index is 1.64. The van der Waals surface area contributed by atoms with E-state index in [0.29, 0.717) is 12.4 Å². The van der Waals surface area contributed by atoms with Gasteiger partial charge in [0.2, 0.25) is 0 Å². The highest BCUT2D eigenvalue weighted by Gasteiger charge is 2.01. The van der Waals surface area contributed by atoms with E-state index < -0.39 is 0 Å². The van der Waals surface area contributed by atoms with Crippen molar-refractivity contribution in [3.05, 3.63) is 102 Å². The Labute approximate surface area is 146 Å². The molecule has 1 heterocycles. The minimum atomic E-state index is -0.116. The van der Waals surface area contributed by atoms with Crippen molar-refractivity contribution >= 4 is 17.9 Å². The van der Waals surface area contributed by atoms with Gasteiger partial charge < -0.3 is 9.15 Å². The lowest BCUT2D eigenvalue weighted by Crippen LogP contribution is -1.96. The lowest BCUT2D eigenvalue weighted by Gasteiger charge is -2.09. The highest BCUT2D eigenvalue weighted by atomic mass is 16.5. The van der Waals surface area contributed by atoms with Crippen LogP contribution in [0.25, 0.3) is 12.2 Å². The SMILES string of the molecule is O=C(/C=C/c1ccco1)/C=C/c1ccccc1OCc1ccccc1.